The van der Waals surface area contributed by atoms with Gasteiger partial charge in [-0.1, -0.05) is 12.1 Å². The third kappa shape index (κ3) is 4.04. The Morgan fingerprint density at radius 3 is 2.86 bits per heavy atom. The highest BCUT2D eigenvalue weighted by Gasteiger charge is 2.23. The van der Waals surface area contributed by atoms with Crippen molar-refractivity contribution in [2.45, 2.75) is 32.8 Å². The molecule has 1 aliphatic heterocycles. The van der Waals surface area contributed by atoms with Crippen molar-refractivity contribution in [1.29, 1.82) is 0 Å². The molecule has 0 saturated carbocycles. The number of amides is 2. The Labute approximate surface area is 125 Å². The molecule has 21 heavy (non-hydrogen) atoms. The van der Waals surface area contributed by atoms with E-state index in [-0.39, 0.29) is 6.10 Å². The number of aryl methyl sites for hydroxylation is 1. The second-order valence-corrected chi connectivity index (χ2v) is 5.23. The van der Waals surface area contributed by atoms with Crippen LogP contribution in [0.3, 0.4) is 0 Å². The van der Waals surface area contributed by atoms with E-state index in [0.29, 0.717) is 13.1 Å². The van der Waals surface area contributed by atoms with Crippen molar-refractivity contribution < 1.29 is 14.3 Å². The van der Waals surface area contributed by atoms with E-state index in [1.54, 1.807) is 0 Å². The van der Waals surface area contributed by atoms with Gasteiger partial charge in [0.25, 0.3) is 0 Å². The van der Waals surface area contributed by atoms with Gasteiger partial charge >= 0.3 is 11.8 Å². The summed E-state index contributed by atoms with van der Waals surface area (Å²) in [5.74, 6) is -1.10. The maximum absolute atomic E-state index is 12.3. The minimum Gasteiger partial charge on any atom is -0.376 e. The first-order chi connectivity index (χ1) is 10.1. The minimum absolute atomic E-state index is 0.0378. The number of hydrogen-bond acceptors (Lipinski definition) is 3. The van der Waals surface area contributed by atoms with Crippen molar-refractivity contribution in [3.05, 3.63) is 29.8 Å². The topological polar surface area (TPSA) is 58.6 Å². The molecule has 1 N–H and O–H groups in total. The number of carbonyl (C=O) groups excluding carboxylic acids is 2. The second-order valence-electron chi connectivity index (χ2n) is 5.23. The third-order valence-electron chi connectivity index (χ3n) is 3.58. The van der Waals surface area contributed by atoms with Crippen LogP contribution in [0, 0.1) is 6.92 Å². The first kappa shape index (κ1) is 15.5. The SMILES string of the molecule is CCN(C(=O)C(=O)NCC1CCCO1)c1cccc(C)c1. The van der Waals surface area contributed by atoms with Crippen LogP contribution in [-0.4, -0.2) is 37.6 Å². The molecule has 114 valence electrons. The number of benzene rings is 1. The largest absolute Gasteiger partial charge is 0.376 e. The fourth-order valence-electron chi connectivity index (χ4n) is 2.45. The van der Waals surface area contributed by atoms with Gasteiger partial charge in [-0.25, -0.2) is 0 Å². The van der Waals surface area contributed by atoms with E-state index in [1.165, 1.54) is 4.90 Å². The maximum Gasteiger partial charge on any atom is 0.316 e. The normalized spacial score (nSPS) is 17.5. The summed E-state index contributed by atoms with van der Waals surface area (Å²) in [5, 5.41) is 2.67. The van der Waals surface area contributed by atoms with Gasteiger partial charge in [-0.3, -0.25) is 9.59 Å². The van der Waals surface area contributed by atoms with Crippen LogP contribution in [0.25, 0.3) is 0 Å². The molecule has 1 saturated heterocycles. The van der Waals surface area contributed by atoms with Gasteiger partial charge in [0.15, 0.2) is 0 Å². The molecular weight excluding hydrogens is 268 g/mol. The van der Waals surface area contributed by atoms with E-state index in [2.05, 4.69) is 5.32 Å². The van der Waals surface area contributed by atoms with Crippen molar-refractivity contribution >= 4 is 17.5 Å². The zero-order chi connectivity index (χ0) is 15.2. The van der Waals surface area contributed by atoms with Crippen molar-refractivity contribution in [1.82, 2.24) is 5.32 Å². The molecule has 1 fully saturated rings. The average Bonchev–Trinajstić information content (AvgIpc) is 2.99. The van der Waals surface area contributed by atoms with Crippen molar-refractivity contribution in [3.8, 4) is 0 Å². The molecule has 0 bridgehead atoms. The van der Waals surface area contributed by atoms with Gasteiger partial charge in [0, 0.05) is 25.4 Å². The van der Waals surface area contributed by atoms with E-state index in [0.717, 1.165) is 30.7 Å². The molecule has 1 heterocycles. The van der Waals surface area contributed by atoms with Crippen molar-refractivity contribution in [3.63, 3.8) is 0 Å². The van der Waals surface area contributed by atoms with Crippen LogP contribution in [0.5, 0.6) is 0 Å². The highest BCUT2D eigenvalue weighted by Crippen LogP contribution is 2.16. The predicted molar refractivity (Wildman–Crippen MR) is 81.2 cm³/mol. The number of nitrogens with zero attached hydrogens (tertiary/aromatic N) is 1. The van der Waals surface area contributed by atoms with Crippen molar-refractivity contribution in [2.75, 3.05) is 24.6 Å². The molecule has 0 radical (unpaired) electrons. The summed E-state index contributed by atoms with van der Waals surface area (Å²) in [4.78, 5) is 25.7. The van der Waals surface area contributed by atoms with Crippen LogP contribution in [0.2, 0.25) is 0 Å². The van der Waals surface area contributed by atoms with E-state index in [4.69, 9.17) is 4.74 Å². The van der Waals surface area contributed by atoms with Crippen LogP contribution in [0.4, 0.5) is 5.69 Å². The Morgan fingerprint density at radius 2 is 2.24 bits per heavy atom. The van der Waals surface area contributed by atoms with Crippen LogP contribution in [0.15, 0.2) is 24.3 Å². The smallest absolute Gasteiger partial charge is 0.316 e. The Hall–Kier alpha value is -1.88. The molecule has 0 aliphatic carbocycles. The molecule has 5 nitrogen and oxygen atoms in total. The molecule has 1 atom stereocenters. The van der Waals surface area contributed by atoms with E-state index in [1.807, 2.05) is 38.1 Å². The zero-order valence-corrected chi connectivity index (χ0v) is 12.6. The summed E-state index contributed by atoms with van der Waals surface area (Å²) in [6, 6.07) is 7.57. The monoisotopic (exact) mass is 290 g/mol. The zero-order valence-electron chi connectivity index (χ0n) is 12.6. The lowest BCUT2D eigenvalue weighted by molar-refractivity contribution is -0.137. The first-order valence-corrected chi connectivity index (χ1v) is 7.39. The Bertz CT molecular complexity index is 510. The summed E-state index contributed by atoms with van der Waals surface area (Å²) in [6.45, 7) is 5.40. The fourth-order valence-corrected chi connectivity index (χ4v) is 2.45. The molecule has 5 heteroatoms. The van der Waals surface area contributed by atoms with Crippen molar-refractivity contribution in [2.24, 2.45) is 0 Å². The number of rotatable bonds is 4. The quantitative estimate of drug-likeness (QED) is 0.858. The van der Waals surface area contributed by atoms with Crippen LogP contribution >= 0.6 is 0 Å². The number of hydrogen-bond donors (Lipinski definition) is 1. The van der Waals surface area contributed by atoms with Gasteiger partial charge in [0.1, 0.15) is 0 Å². The Kier molecular flexibility index (Phi) is 5.33. The van der Waals surface area contributed by atoms with Gasteiger partial charge in [0.05, 0.1) is 6.10 Å². The van der Waals surface area contributed by atoms with E-state index in [9.17, 15) is 9.59 Å². The highest BCUT2D eigenvalue weighted by molar-refractivity contribution is 6.40. The molecule has 1 aromatic carbocycles. The fraction of sp³-hybridized carbons (Fsp3) is 0.500. The Morgan fingerprint density at radius 1 is 1.43 bits per heavy atom. The molecule has 2 amide bonds. The molecule has 0 aromatic heterocycles. The third-order valence-corrected chi connectivity index (χ3v) is 3.58. The van der Waals surface area contributed by atoms with Gasteiger partial charge in [-0.15, -0.1) is 0 Å². The molecule has 1 unspecified atom stereocenters. The average molecular weight is 290 g/mol. The second kappa shape index (κ2) is 7.22. The van der Waals surface area contributed by atoms with E-state index < -0.39 is 11.8 Å². The summed E-state index contributed by atoms with van der Waals surface area (Å²) in [6.07, 6.45) is 1.98. The molecule has 1 aliphatic rings. The number of likely N-dealkylation sites (N-methyl/N-ethyl adjacent to an activating group) is 1. The van der Waals surface area contributed by atoms with Crippen LogP contribution in [-0.2, 0) is 14.3 Å². The lowest BCUT2D eigenvalue weighted by Gasteiger charge is -2.21. The summed E-state index contributed by atoms with van der Waals surface area (Å²) < 4.78 is 5.43. The van der Waals surface area contributed by atoms with Gasteiger partial charge in [-0.2, -0.15) is 0 Å². The maximum atomic E-state index is 12.3. The molecular formula is C16H22N2O3. The first-order valence-electron chi connectivity index (χ1n) is 7.39. The molecule has 0 spiro atoms. The predicted octanol–water partition coefficient (Wildman–Crippen LogP) is 1.64. The van der Waals surface area contributed by atoms with Gasteiger partial charge < -0.3 is 15.0 Å². The number of anilines is 1. The van der Waals surface area contributed by atoms with Crippen LogP contribution in [0.1, 0.15) is 25.3 Å². The molecule has 2 rings (SSSR count). The standard InChI is InChI=1S/C16H22N2O3/c1-3-18(13-7-4-6-12(2)10-13)16(20)15(19)17-11-14-8-5-9-21-14/h4,6-7,10,14H,3,5,8-9,11H2,1-2H3,(H,17,19). The lowest BCUT2D eigenvalue weighted by atomic mass is 10.2. The minimum atomic E-state index is -0.575. The van der Waals surface area contributed by atoms with Crippen LogP contribution < -0.4 is 10.2 Å². The highest BCUT2D eigenvalue weighted by atomic mass is 16.5. The number of nitrogens with one attached hydrogen (secondary N) is 1. The van der Waals surface area contributed by atoms with Gasteiger partial charge in [-0.05, 0) is 44.4 Å². The van der Waals surface area contributed by atoms with Gasteiger partial charge in [0.2, 0.25) is 0 Å². The number of carbonyl (C=O) groups is 2. The molecule has 1 aromatic rings. The summed E-state index contributed by atoms with van der Waals surface area (Å²) in [7, 11) is 0. The van der Waals surface area contributed by atoms with E-state index >= 15 is 0 Å². The summed E-state index contributed by atoms with van der Waals surface area (Å²) >= 11 is 0. The Balaban J connectivity index is 1.96. The summed E-state index contributed by atoms with van der Waals surface area (Å²) in [5.41, 5.74) is 1.80. The lowest BCUT2D eigenvalue weighted by Crippen LogP contribution is -2.45. The number of ether oxygens (including phenoxy) is 1.